The van der Waals surface area contributed by atoms with Gasteiger partial charge in [0, 0.05) is 4.90 Å². The zero-order chi connectivity index (χ0) is 13.9. The first kappa shape index (κ1) is 16.3. The molecule has 0 bridgehead atoms. The van der Waals surface area contributed by atoms with Crippen LogP contribution in [0.25, 0.3) is 6.08 Å². The van der Waals surface area contributed by atoms with E-state index in [0.717, 1.165) is 5.56 Å². The molecule has 1 nitrogen and oxygen atoms in total. The van der Waals surface area contributed by atoms with Gasteiger partial charge in [-0.3, -0.25) is 0 Å². The molecule has 1 aromatic carbocycles. The Hall–Kier alpha value is -0.800. The molecule has 2 N–H and O–H groups in total. The first-order chi connectivity index (χ1) is 9.22. The number of nitrogens with two attached hydrogens (primary N) is 1. The van der Waals surface area contributed by atoms with Crippen molar-refractivity contribution in [2.45, 2.75) is 43.9 Å². The topological polar surface area (TPSA) is 26.0 Å². The van der Waals surface area contributed by atoms with Crippen molar-refractivity contribution in [3.05, 3.63) is 35.9 Å². The van der Waals surface area contributed by atoms with Crippen LogP contribution in [-0.4, -0.2) is 10.7 Å². The van der Waals surface area contributed by atoms with Gasteiger partial charge < -0.3 is 5.73 Å². The summed E-state index contributed by atoms with van der Waals surface area (Å²) in [5.74, 6) is 1.21. The molecule has 0 radical (unpaired) electrons. The Balaban J connectivity index is 2.26. The summed E-state index contributed by atoms with van der Waals surface area (Å²) in [5, 5.41) is 0. The molecule has 0 unspecified atom stereocenters. The molecule has 0 aliphatic carbocycles. The van der Waals surface area contributed by atoms with Crippen LogP contribution in [0.1, 0.15) is 44.6 Å². The highest BCUT2D eigenvalue weighted by Crippen LogP contribution is 2.20. The summed E-state index contributed by atoms with van der Waals surface area (Å²) >= 11 is 6.75. The van der Waals surface area contributed by atoms with Crippen LogP contribution in [0, 0.1) is 0 Å². The second kappa shape index (κ2) is 10.0. The lowest BCUT2D eigenvalue weighted by Gasteiger charge is -2.02. The summed E-state index contributed by atoms with van der Waals surface area (Å²) in [7, 11) is 0. The summed E-state index contributed by atoms with van der Waals surface area (Å²) in [6, 6.07) is 8.54. The Morgan fingerprint density at radius 2 is 1.84 bits per heavy atom. The van der Waals surface area contributed by atoms with Crippen LogP contribution in [0.2, 0.25) is 0 Å². The van der Waals surface area contributed by atoms with Gasteiger partial charge in [0.2, 0.25) is 0 Å². The Labute approximate surface area is 126 Å². The Bertz CT molecular complexity index is 396. The quantitative estimate of drug-likeness (QED) is 0.299. The van der Waals surface area contributed by atoms with Crippen LogP contribution in [0.5, 0.6) is 0 Å². The van der Waals surface area contributed by atoms with Gasteiger partial charge in [-0.25, -0.2) is 0 Å². The van der Waals surface area contributed by atoms with E-state index in [0.29, 0.717) is 4.99 Å². The fourth-order valence-corrected chi connectivity index (χ4v) is 2.73. The fraction of sp³-hybridized carbons (Fsp3) is 0.438. The van der Waals surface area contributed by atoms with Crippen molar-refractivity contribution in [1.82, 2.24) is 0 Å². The number of hydrogen-bond acceptors (Lipinski definition) is 2. The Kier molecular flexibility index (Phi) is 8.59. The predicted molar refractivity (Wildman–Crippen MR) is 91.7 cm³/mol. The van der Waals surface area contributed by atoms with Gasteiger partial charge in [0.15, 0.2) is 0 Å². The average molecular weight is 294 g/mol. The summed E-state index contributed by atoms with van der Waals surface area (Å²) in [4.78, 5) is 1.76. The van der Waals surface area contributed by atoms with Crippen molar-refractivity contribution in [2.24, 2.45) is 5.73 Å². The van der Waals surface area contributed by atoms with Gasteiger partial charge in [-0.05, 0) is 35.9 Å². The van der Waals surface area contributed by atoms with Crippen molar-refractivity contribution in [2.75, 3.05) is 5.75 Å². The number of hydrogen-bond donors (Lipinski definition) is 1. The molecular weight excluding hydrogens is 270 g/mol. The van der Waals surface area contributed by atoms with E-state index in [4.69, 9.17) is 18.0 Å². The first-order valence-corrected chi connectivity index (χ1v) is 8.32. The molecule has 0 saturated heterocycles. The third-order valence-electron chi connectivity index (χ3n) is 2.84. The summed E-state index contributed by atoms with van der Waals surface area (Å²) in [6.07, 6.45) is 10.4. The molecule has 0 aliphatic heterocycles. The zero-order valence-electron chi connectivity index (χ0n) is 11.6. The summed E-state index contributed by atoms with van der Waals surface area (Å²) in [6.45, 7) is 2.25. The SMILES string of the molecule is CCCCCCCSc1ccc(/C=C/C(N)=S)cc1. The van der Waals surface area contributed by atoms with Crippen LogP contribution < -0.4 is 5.73 Å². The molecule has 0 saturated carbocycles. The summed E-state index contributed by atoms with van der Waals surface area (Å²) in [5.41, 5.74) is 6.57. The molecule has 0 aliphatic rings. The average Bonchev–Trinajstić information content (AvgIpc) is 2.41. The molecule has 0 heterocycles. The number of rotatable bonds is 9. The van der Waals surface area contributed by atoms with E-state index in [1.165, 1.54) is 42.8 Å². The Morgan fingerprint density at radius 1 is 1.16 bits per heavy atom. The van der Waals surface area contributed by atoms with E-state index in [2.05, 4.69) is 31.2 Å². The van der Waals surface area contributed by atoms with E-state index in [9.17, 15) is 0 Å². The molecule has 0 aromatic heterocycles. The van der Waals surface area contributed by atoms with Gasteiger partial charge in [0.25, 0.3) is 0 Å². The second-order valence-corrected chi connectivity index (χ2v) is 6.21. The van der Waals surface area contributed by atoms with Crippen LogP contribution >= 0.6 is 24.0 Å². The number of thioether (sulfide) groups is 1. The lowest BCUT2D eigenvalue weighted by molar-refractivity contribution is 0.659. The number of benzene rings is 1. The largest absolute Gasteiger partial charge is 0.390 e. The fourth-order valence-electron chi connectivity index (χ4n) is 1.75. The normalized spacial score (nSPS) is 11.0. The highest BCUT2D eigenvalue weighted by Gasteiger charge is 1.95. The number of thiocarbonyl (C=S) groups is 1. The van der Waals surface area contributed by atoms with E-state index in [-0.39, 0.29) is 0 Å². The minimum atomic E-state index is 0.422. The standard InChI is InChI=1S/C16H23NS2/c1-2-3-4-5-6-13-19-15-10-7-14(8-11-15)9-12-16(17)18/h7-12H,2-6,13H2,1H3,(H2,17,18)/b12-9+. The number of unbranched alkanes of at least 4 members (excludes halogenated alkanes) is 4. The van der Waals surface area contributed by atoms with E-state index < -0.39 is 0 Å². The monoisotopic (exact) mass is 293 g/mol. The first-order valence-electron chi connectivity index (χ1n) is 6.92. The van der Waals surface area contributed by atoms with Gasteiger partial charge in [-0.15, -0.1) is 11.8 Å². The maximum atomic E-state index is 5.43. The molecule has 0 atom stereocenters. The third kappa shape index (κ3) is 8.06. The molecule has 1 rings (SSSR count). The maximum Gasteiger partial charge on any atom is 0.0962 e. The van der Waals surface area contributed by atoms with Crippen LogP contribution in [0.3, 0.4) is 0 Å². The molecule has 0 fully saturated rings. The highest BCUT2D eigenvalue weighted by atomic mass is 32.2. The highest BCUT2D eigenvalue weighted by molar-refractivity contribution is 7.99. The van der Waals surface area contributed by atoms with Gasteiger partial charge in [0.05, 0.1) is 4.99 Å². The van der Waals surface area contributed by atoms with Crippen LogP contribution in [-0.2, 0) is 0 Å². The zero-order valence-corrected chi connectivity index (χ0v) is 13.2. The lowest BCUT2D eigenvalue weighted by Crippen LogP contribution is -2.01. The van der Waals surface area contributed by atoms with Crippen molar-refractivity contribution < 1.29 is 0 Å². The maximum absolute atomic E-state index is 5.43. The van der Waals surface area contributed by atoms with Crippen molar-refractivity contribution in [3.8, 4) is 0 Å². The molecule has 3 heteroatoms. The van der Waals surface area contributed by atoms with Crippen LogP contribution in [0.4, 0.5) is 0 Å². The van der Waals surface area contributed by atoms with E-state index in [1.807, 2.05) is 17.8 Å². The predicted octanol–water partition coefficient (Wildman–Crippen LogP) is 5.05. The van der Waals surface area contributed by atoms with Crippen molar-refractivity contribution >= 4 is 35.0 Å². The second-order valence-electron chi connectivity index (χ2n) is 4.57. The Morgan fingerprint density at radius 3 is 2.47 bits per heavy atom. The van der Waals surface area contributed by atoms with Gasteiger partial charge in [-0.1, -0.05) is 63.0 Å². The van der Waals surface area contributed by atoms with E-state index in [1.54, 1.807) is 6.08 Å². The van der Waals surface area contributed by atoms with Crippen molar-refractivity contribution in [1.29, 1.82) is 0 Å². The van der Waals surface area contributed by atoms with Gasteiger partial charge in [0.1, 0.15) is 0 Å². The lowest BCUT2D eigenvalue weighted by atomic mass is 10.2. The molecule has 104 valence electrons. The third-order valence-corrected chi connectivity index (χ3v) is 4.07. The van der Waals surface area contributed by atoms with Crippen LogP contribution in [0.15, 0.2) is 35.2 Å². The molecule has 19 heavy (non-hydrogen) atoms. The molecular formula is C16H23NS2. The van der Waals surface area contributed by atoms with E-state index >= 15 is 0 Å². The van der Waals surface area contributed by atoms with Crippen molar-refractivity contribution in [3.63, 3.8) is 0 Å². The summed E-state index contributed by atoms with van der Waals surface area (Å²) < 4.78 is 0. The van der Waals surface area contributed by atoms with Gasteiger partial charge >= 0.3 is 0 Å². The minimum Gasteiger partial charge on any atom is -0.390 e. The smallest absolute Gasteiger partial charge is 0.0962 e. The molecule has 0 spiro atoms. The minimum absolute atomic E-state index is 0.422. The molecule has 0 amide bonds. The van der Waals surface area contributed by atoms with Gasteiger partial charge in [-0.2, -0.15) is 0 Å². The molecule has 1 aromatic rings.